The molecule has 0 radical (unpaired) electrons. The summed E-state index contributed by atoms with van der Waals surface area (Å²) >= 11 is 11.9. The van der Waals surface area contributed by atoms with Crippen molar-refractivity contribution in [3.8, 4) is 5.75 Å². The minimum atomic E-state index is 0.194. The van der Waals surface area contributed by atoms with Crippen LogP contribution in [0, 0.1) is 0 Å². The normalized spacial score (nSPS) is 20.0. The zero-order chi connectivity index (χ0) is 11.4. The summed E-state index contributed by atoms with van der Waals surface area (Å²) in [5.41, 5.74) is 0.923. The van der Waals surface area contributed by atoms with Crippen molar-refractivity contribution < 1.29 is 9.47 Å². The monoisotopic (exact) mass is 260 g/mol. The fourth-order valence-corrected chi connectivity index (χ4v) is 2.23. The van der Waals surface area contributed by atoms with Gasteiger partial charge < -0.3 is 9.47 Å². The molecule has 2 rings (SSSR count). The molecule has 0 amide bonds. The number of rotatable bonds is 4. The van der Waals surface area contributed by atoms with E-state index in [-0.39, 0.29) is 6.10 Å². The van der Waals surface area contributed by atoms with Crippen molar-refractivity contribution >= 4 is 23.2 Å². The van der Waals surface area contributed by atoms with E-state index in [9.17, 15) is 0 Å². The van der Waals surface area contributed by atoms with Gasteiger partial charge >= 0.3 is 0 Å². The molecule has 0 N–H and O–H groups in total. The first-order chi connectivity index (χ1) is 7.81. The molecule has 1 saturated heterocycles. The van der Waals surface area contributed by atoms with Crippen molar-refractivity contribution in [3.63, 3.8) is 0 Å². The van der Waals surface area contributed by atoms with Crippen LogP contribution in [0.15, 0.2) is 18.2 Å². The standard InChI is InChI=1S/C12H14Cl2O2/c13-7-9-3-1-5-11(14)12(9)16-8-10-4-2-6-15-10/h1,3,5,10H,2,4,6-8H2. The SMILES string of the molecule is ClCc1cccc(Cl)c1OCC1CCCO1. The maximum Gasteiger partial charge on any atom is 0.142 e. The zero-order valence-corrected chi connectivity index (χ0v) is 10.4. The summed E-state index contributed by atoms with van der Waals surface area (Å²) < 4.78 is 11.2. The molecular formula is C12H14Cl2O2. The topological polar surface area (TPSA) is 18.5 Å². The second-order valence-corrected chi connectivity index (χ2v) is 4.48. The summed E-state index contributed by atoms with van der Waals surface area (Å²) in [6.07, 6.45) is 2.36. The molecule has 0 bridgehead atoms. The molecule has 1 aliphatic heterocycles. The largest absolute Gasteiger partial charge is 0.489 e. The fourth-order valence-electron chi connectivity index (χ4n) is 1.77. The van der Waals surface area contributed by atoms with Gasteiger partial charge in [-0.15, -0.1) is 11.6 Å². The second-order valence-electron chi connectivity index (χ2n) is 3.81. The van der Waals surface area contributed by atoms with Gasteiger partial charge in [0.1, 0.15) is 12.4 Å². The van der Waals surface area contributed by atoms with Crippen LogP contribution in [0.25, 0.3) is 0 Å². The van der Waals surface area contributed by atoms with Gasteiger partial charge in [-0.3, -0.25) is 0 Å². The number of alkyl halides is 1. The van der Waals surface area contributed by atoms with Crippen molar-refractivity contribution in [1.82, 2.24) is 0 Å². The Labute approximate surface area is 105 Å². The Morgan fingerprint density at radius 1 is 1.44 bits per heavy atom. The van der Waals surface area contributed by atoms with Crippen LogP contribution in [0.1, 0.15) is 18.4 Å². The van der Waals surface area contributed by atoms with Crippen LogP contribution in [0.5, 0.6) is 5.75 Å². The minimum Gasteiger partial charge on any atom is -0.489 e. The molecular weight excluding hydrogens is 247 g/mol. The van der Waals surface area contributed by atoms with Gasteiger partial charge in [-0.2, -0.15) is 0 Å². The highest BCUT2D eigenvalue weighted by molar-refractivity contribution is 6.32. The molecule has 16 heavy (non-hydrogen) atoms. The first-order valence-corrected chi connectivity index (χ1v) is 6.30. The summed E-state index contributed by atoms with van der Waals surface area (Å²) in [7, 11) is 0. The van der Waals surface area contributed by atoms with Crippen LogP contribution in [-0.4, -0.2) is 19.3 Å². The fraction of sp³-hybridized carbons (Fsp3) is 0.500. The van der Waals surface area contributed by atoms with Gasteiger partial charge in [0.25, 0.3) is 0 Å². The first-order valence-electron chi connectivity index (χ1n) is 5.39. The Balaban J connectivity index is 2.01. The summed E-state index contributed by atoms with van der Waals surface area (Å²) in [5.74, 6) is 1.09. The summed E-state index contributed by atoms with van der Waals surface area (Å²) in [6.45, 7) is 1.38. The Hall–Kier alpha value is -0.440. The summed E-state index contributed by atoms with van der Waals surface area (Å²) in [6, 6.07) is 5.60. The average Bonchev–Trinajstić information content (AvgIpc) is 2.80. The minimum absolute atomic E-state index is 0.194. The summed E-state index contributed by atoms with van der Waals surface area (Å²) in [4.78, 5) is 0. The maximum absolute atomic E-state index is 6.07. The predicted octanol–water partition coefficient (Wildman–Crippen LogP) is 3.64. The molecule has 1 aliphatic rings. The van der Waals surface area contributed by atoms with Crippen LogP contribution in [0.2, 0.25) is 5.02 Å². The number of benzene rings is 1. The highest BCUT2D eigenvalue weighted by atomic mass is 35.5. The Bertz CT molecular complexity index is 349. The van der Waals surface area contributed by atoms with Gasteiger partial charge in [0.15, 0.2) is 0 Å². The molecule has 1 heterocycles. The number of para-hydroxylation sites is 1. The molecule has 1 aromatic carbocycles. The van der Waals surface area contributed by atoms with E-state index < -0.39 is 0 Å². The zero-order valence-electron chi connectivity index (χ0n) is 8.92. The van der Waals surface area contributed by atoms with E-state index in [1.54, 1.807) is 0 Å². The van der Waals surface area contributed by atoms with Gasteiger partial charge in [0.05, 0.1) is 17.0 Å². The molecule has 2 nitrogen and oxygen atoms in total. The molecule has 1 fully saturated rings. The van der Waals surface area contributed by atoms with E-state index in [0.29, 0.717) is 23.3 Å². The molecule has 1 atom stereocenters. The van der Waals surface area contributed by atoms with Crippen LogP contribution in [0.3, 0.4) is 0 Å². The number of ether oxygens (including phenoxy) is 2. The highest BCUT2D eigenvalue weighted by Crippen LogP contribution is 2.30. The number of hydrogen-bond acceptors (Lipinski definition) is 2. The van der Waals surface area contributed by atoms with Crippen LogP contribution in [-0.2, 0) is 10.6 Å². The maximum atomic E-state index is 6.07. The number of hydrogen-bond donors (Lipinski definition) is 0. The van der Waals surface area contributed by atoms with E-state index in [2.05, 4.69) is 0 Å². The lowest BCUT2D eigenvalue weighted by molar-refractivity contribution is 0.0677. The molecule has 0 spiro atoms. The van der Waals surface area contributed by atoms with Gasteiger partial charge in [0.2, 0.25) is 0 Å². The lowest BCUT2D eigenvalue weighted by Gasteiger charge is -2.14. The molecule has 1 unspecified atom stereocenters. The van der Waals surface area contributed by atoms with Crippen molar-refractivity contribution in [1.29, 1.82) is 0 Å². The molecule has 4 heteroatoms. The Kier molecular flexibility index (Phi) is 4.33. The van der Waals surface area contributed by atoms with E-state index in [4.69, 9.17) is 32.7 Å². The van der Waals surface area contributed by atoms with Crippen molar-refractivity contribution in [3.05, 3.63) is 28.8 Å². The van der Waals surface area contributed by atoms with Crippen LogP contribution in [0.4, 0.5) is 0 Å². The van der Waals surface area contributed by atoms with Gasteiger partial charge in [0, 0.05) is 12.2 Å². The van der Waals surface area contributed by atoms with E-state index in [0.717, 1.165) is 25.0 Å². The smallest absolute Gasteiger partial charge is 0.142 e. The van der Waals surface area contributed by atoms with Gasteiger partial charge in [-0.25, -0.2) is 0 Å². The molecule has 0 saturated carbocycles. The van der Waals surface area contributed by atoms with Crippen LogP contribution < -0.4 is 4.74 Å². The Morgan fingerprint density at radius 3 is 3.00 bits per heavy atom. The van der Waals surface area contributed by atoms with Crippen molar-refractivity contribution in [2.75, 3.05) is 13.2 Å². The molecule has 0 aliphatic carbocycles. The molecule has 0 aromatic heterocycles. The van der Waals surface area contributed by atoms with E-state index in [1.807, 2.05) is 18.2 Å². The first kappa shape index (κ1) is 12.0. The Morgan fingerprint density at radius 2 is 2.31 bits per heavy atom. The van der Waals surface area contributed by atoms with Gasteiger partial charge in [-0.05, 0) is 18.9 Å². The van der Waals surface area contributed by atoms with Gasteiger partial charge in [-0.1, -0.05) is 23.7 Å². The van der Waals surface area contributed by atoms with E-state index in [1.165, 1.54) is 0 Å². The number of halogens is 2. The quantitative estimate of drug-likeness (QED) is 0.770. The summed E-state index contributed by atoms with van der Waals surface area (Å²) in [5, 5.41) is 0.608. The second kappa shape index (κ2) is 5.76. The molecule has 1 aromatic rings. The third kappa shape index (κ3) is 2.82. The third-order valence-corrected chi connectivity index (χ3v) is 3.22. The van der Waals surface area contributed by atoms with Crippen LogP contribution >= 0.6 is 23.2 Å². The van der Waals surface area contributed by atoms with Crippen molar-refractivity contribution in [2.24, 2.45) is 0 Å². The average molecular weight is 261 g/mol. The lowest BCUT2D eigenvalue weighted by Crippen LogP contribution is -2.16. The van der Waals surface area contributed by atoms with Crippen molar-refractivity contribution in [2.45, 2.75) is 24.8 Å². The highest BCUT2D eigenvalue weighted by Gasteiger charge is 2.17. The molecule has 88 valence electrons. The van der Waals surface area contributed by atoms with E-state index >= 15 is 0 Å². The third-order valence-electron chi connectivity index (χ3n) is 2.63. The predicted molar refractivity (Wildman–Crippen MR) is 65.5 cm³/mol. The lowest BCUT2D eigenvalue weighted by atomic mass is 10.2.